The number of aliphatic imine (C=N–C) groups is 1. The summed E-state index contributed by atoms with van der Waals surface area (Å²) in [5, 5.41) is 11.9. The first-order valence-electron chi connectivity index (χ1n) is 7.13. The number of nitro groups is 1. The van der Waals surface area contributed by atoms with Gasteiger partial charge in [-0.2, -0.15) is 0 Å². The molecule has 3 rings (SSSR count). The molecule has 2 aromatic rings. The molecule has 0 saturated carbocycles. The molecule has 1 heterocycles. The number of allylic oxidation sites excluding steroid dienone is 3. The van der Waals surface area contributed by atoms with Crippen molar-refractivity contribution in [2.75, 3.05) is 13.7 Å². The van der Waals surface area contributed by atoms with E-state index in [2.05, 4.69) is 9.98 Å². The molecule has 6 nitrogen and oxygen atoms in total. The molecule has 0 spiro atoms. The highest BCUT2D eigenvalue weighted by Crippen LogP contribution is 2.34. The average molecular weight is 309 g/mol. The number of methoxy groups -OCH3 is 1. The van der Waals surface area contributed by atoms with E-state index in [4.69, 9.17) is 4.74 Å². The minimum atomic E-state index is -0.420. The number of ether oxygens (including phenoxy) is 1. The number of fused-ring (bicyclic) bond motifs is 1. The maximum atomic E-state index is 11.3. The Morgan fingerprint density at radius 3 is 3.04 bits per heavy atom. The maximum absolute atomic E-state index is 11.3. The van der Waals surface area contributed by atoms with Crippen molar-refractivity contribution in [3.8, 4) is 0 Å². The minimum absolute atomic E-state index is 0.0228. The van der Waals surface area contributed by atoms with Gasteiger partial charge in [0.1, 0.15) is 5.69 Å². The summed E-state index contributed by atoms with van der Waals surface area (Å²) < 4.78 is 5.10. The van der Waals surface area contributed by atoms with Crippen LogP contribution in [0.5, 0.6) is 0 Å². The number of nitro benzene ring substituents is 1. The largest absolute Gasteiger partial charge is 0.380 e. The van der Waals surface area contributed by atoms with Gasteiger partial charge in [0.05, 0.1) is 17.0 Å². The van der Waals surface area contributed by atoms with Crippen molar-refractivity contribution >= 4 is 28.5 Å². The lowest BCUT2D eigenvalue weighted by Gasteiger charge is -2.03. The third-order valence-corrected chi connectivity index (χ3v) is 3.59. The second kappa shape index (κ2) is 6.50. The highest BCUT2D eigenvalue weighted by atomic mass is 16.6. The van der Waals surface area contributed by atoms with Crippen LogP contribution >= 0.6 is 0 Å². The molecule has 0 unspecified atom stereocenters. The normalized spacial score (nSPS) is 14.3. The molecule has 6 heteroatoms. The molecule has 1 aliphatic rings. The number of benzene rings is 1. The molecule has 1 aliphatic carbocycles. The fourth-order valence-electron chi connectivity index (χ4n) is 2.53. The van der Waals surface area contributed by atoms with E-state index in [0.717, 1.165) is 17.6 Å². The van der Waals surface area contributed by atoms with Gasteiger partial charge in [-0.05, 0) is 35.8 Å². The molecule has 0 N–H and O–H groups in total. The minimum Gasteiger partial charge on any atom is -0.380 e. The third kappa shape index (κ3) is 3.17. The zero-order valence-electron chi connectivity index (χ0n) is 12.6. The number of rotatable bonds is 5. The topological polar surface area (TPSA) is 77.6 Å². The molecule has 0 radical (unpaired) electrons. The number of hydrogen-bond donors (Lipinski definition) is 0. The van der Waals surface area contributed by atoms with Crippen LogP contribution in [0, 0.1) is 10.1 Å². The smallest absolute Gasteiger partial charge is 0.295 e. The van der Waals surface area contributed by atoms with Gasteiger partial charge in [0.25, 0.3) is 5.69 Å². The van der Waals surface area contributed by atoms with Crippen molar-refractivity contribution in [3.63, 3.8) is 0 Å². The Hall–Kier alpha value is -2.86. The van der Waals surface area contributed by atoms with Crippen molar-refractivity contribution in [1.29, 1.82) is 0 Å². The highest BCUT2D eigenvalue weighted by molar-refractivity contribution is 5.97. The number of hydrogen-bond acceptors (Lipinski definition) is 5. The Balaban J connectivity index is 1.95. The van der Waals surface area contributed by atoms with E-state index in [1.54, 1.807) is 37.7 Å². The number of nitrogens with zero attached hydrogens (tertiary/aromatic N) is 3. The van der Waals surface area contributed by atoms with Gasteiger partial charge in [-0.3, -0.25) is 15.1 Å². The Morgan fingerprint density at radius 2 is 2.26 bits per heavy atom. The van der Waals surface area contributed by atoms with Crippen molar-refractivity contribution < 1.29 is 9.66 Å². The van der Waals surface area contributed by atoms with Gasteiger partial charge in [-0.15, -0.1) is 0 Å². The van der Waals surface area contributed by atoms with Crippen LogP contribution in [0.25, 0.3) is 10.9 Å². The quantitative estimate of drug-likeness (QED) is 0.479. The average Bonchev–Trinajstić information content (AvgIpc) is 3.00. The van der Waals surface area contributed by atoms with Crippen molar-refractivity contribution in [2.45, 2.75) is 6.42 Å². The fraction of sp³-hybridized carbons (Fsp3) is 0.176. The summed E-state index contributed by atoms with van der Waals surface area (Å²) in [6, 6.07) is 6.62. The molecule has 0 saturated heterocycles. The summed E-state index contributed by atoms with van der Waals surface area (Å²) in [5.41, 5.74) is 3.14. The van der Waals surface area contributed by atoms with E-state index in [0.29, 0.717) is 23.2 Å². The zero-order chi connectivity index (χ0) is 16.2. The SMILES string of the molecule is COCC1=CC=C(C=Nc2c([N+](=O)[O-])ccc3ncccc23)C1. The molecule has 0 atom stereocenters. The van der Waals surface area contributed by atoms with Gasteiger partial charge in [0.15, 0.2) is 0 Å². The Morgan fingerprint density at radius 1 is 1.39 bits per heavy atom. The lowest BCUT2D eigenvalue weighted by atomic mass is 10.1. The Bertz CT molecular complexity index is 853. The monoisotopic (exact) mass is 309 g/mol. The number of aromatic nitrogens is 1. The molecule has 23 heavy (non-hydrogen) atoms. The summed E-state index contributed by atoms with van der Waals surface area (Å²) in [5.74, 6) is 0. The Kier molecular flexibility index (Phi) is 4.25. The highest BCUT2D eigenvalue weighted by Gasteiger charge is 2.16. The molecular formula is C17H15N3O3. The van der Waals surface area contributed by atoms with Crippen LogP contribution < -0.4 is 0 Å². The maximum Gasteiger partial charge on any atom is 0.295 e. The van der Waals surface area contributed by atoms with Crippen molar-refractivity contribution in [1.82, 2.24) is 4.98 Å². The van der Waals surface area contributed by atoms with Gasteiger partial charge < -0.3 is 4.74 Å². The summed E-state index contributed by atoms with van der Waals surface area (Å²) in [7, 11) is 1.65. The van der Waals surface area contributed by atoms with Crippen LogP contribution in [-0.4, -0.2) is 29.8 Å². The molecule has 0 amide bonds. The number of pyridine rings is 1. The first kappa shape index (κ1) is 15.1. The van der Waals surface area contributed by atoms with Crippen molar-refractivity contribution in [3.05, 3.63) is 63.9 Å². The molecule has 1 aromatic carbocycles. The summed E-state index contributed by atoms with van der Waals surface area (Å²) in [4.78, 5) is 19.5. The van der Waals surface area contributed by atoms with Gasteiger partial charge in [0.2, 0.25) is 0 Å². The Labute approximate surface area is 133 Å². The molecule has 0 fully saturated rings. The van der Waals surface area contributed by atoms with E-state index in [-0.39, 0.29) is 5.69 Å². The van der Waals surface area contributed by atoms with E-state index in [1.807, 2.05) is 12.2 Å². The molecule has 1 aromatic heterocycles. The molecule has 0 bridgehead atoms. The van der Waals surface area contributed by atoms with Crippen molar-refractivity contribution in [2.24, 2.45) is 4.99 Å². The van der Waals surface area contributed by atoms with Gasteiger partial charge in [0, 0.05) is 31.0 Å². The van der Waals surface area contributed by atoms with E-state index < -0.39 is 4.92 Å². The fourth-order valence-corrected chi connectivity index (χ4v) is 2.53. The van der Waals surface area contributed by atoms with E-state index in [1.165, 1.54) is 6.07 Å². The first-order chi connectivity index (χ1) is 11.2. The summed E-state index contributed by atoms with van der Waals surface area (Å²) in [6.07, 6.45) is 8.02. The predicted molar refractivity (Wildman–Crippen MR) is 89.2 cm³/mol. The van der Waals surface area contributed by atoms with Crippen LogP contribution in [0.3, 0.4) is 0 Å². The molecule has 116 valence electrons. The second-order valence-electron chi connectivity index (χ2n) is 5.19. The molecular weight excluding hydrogens is 294 g/mol. The second-order valence-corrected chi connectivity index (χ2v) is 5.19. The first-order valence-corrected chi connectivity index (χ1v) is 7.13. The van der Waals surface area contributed by atoms with Gasteiger partial charge >= 0.3 is 0 Å². The summed E-state index contributed by atoms with van der Waals surface area (Å²) in [6.45, 7) is 0.576. The van der Waals surface area contributed by atoms with Gasteiger partial charge in [-0.1, -0.05) is 12.2 Å². The van der Waals surface area contributed by atoms with Gasteiger partial charge in [-0.25, -0.2) is 4.99 Å². The summed E-state index contributed by atoms with van der Waals surface area (Å²) >= 11 is 0. The predicted octanol–water partition coefficient (Wildman–Crippen LogP) is 3.75. The van der Waals surface area contributed by atoms with Crippen LogP contribution in [0.4, 0.5) is 11.4 Å². The van der Waals surface area contributed by atoms with Crippen LogP contribution in [0.2, 0.25) is 0 Å². The lowest BCUT2D eigenvalue weighted by Crippen LogP contribution is -1.93. The van der Waals surface area contributed by atoms with E-state index >= 15 is 0 Å². The van der Waals surface area contributed by atoms with Crippen LogP contribution in [0.15, 0.2) is 58.8 Å². The lowest BCUT2D eigenvalue weighted by molar-refractivity contribution is -0.383. The zero-order valence-corrected chi connectivity index (χ0v) is 12.6. The molecule has 0 aliphatic heterocycles. The van der Waals surface area contributed by atoms with Crippen LogP contribution in [-0.2, 0) is 4.74 Å². The standard InChI is InChI=1S/C17H15N3O3/c1-23-11-13-5-4-12(9-13)10-19-17-14-3-2-8-18-15(14)6-7-16(17)20(21)22/h2-8,10H,9,11H2,1H3. The third-order valence-electron chi connectivity index (χ3n) is 3.59. The van der Waals surface area contributed by atoms with Crippen LogP contribution in [0.1, 0.15) is 6.42 Å². The van der Waals surface area contributed by atoms with E-state index in [9.17, 15) is 10.1 Å².